The van der Waals surface area contributed by atoms with E-state index >= 15 is 0 Å². The van der Waals surface area contributed by atoms with Gasteiger partial charge in [0.2, 0.25) is 0 Å². The van der Waals surface area contributed by atoms with E-state index in [1.807, 2.05) is 43.3 Å². The number of hydrogen-bond acceptors (Lipinski definition) is 4. The van der Waals surface area contributed by atoms with E-state index in [1.165, 1.54) is 16.4 Å². The summed E-state index contributed by atoms with van der Waals surface area (Å²) in [5.74, 6) is -0.278. The molecule has 32 heavy (non-hydrogen) atoms. The summed E-state index contributed by atoms with van der Waals surface area (Å²) in [4.78, 5) is 0. The normalized spacial score (nSPS) is 14.4. The summed E-state index contributed by atoms with van der Waals surface area (Å²) in [5, 5.41) is 2.25. The Kier molecular flexibility index (Phi) is 9.39. The van der Waals surface area contributed by atoms with Gasteiger partial charge < -0.3 is 4.43 Å². The summed E-state index contributed by atoms with van der Waals surface area (Å²) in [6, 6.07) is 20.7. The Bertz CT molecular complexity index is 931. The first kappa shape index (κ1) is 26.4. The minimum Gasteiger partial charge on any atom is -0.405 e. The number of benzene rings is 2. The molecule has 0 fully saturated rings. The Morgan fingerprint density at radius 2 is 1.53 bits per heavy atom. The number of halogens is 1. The third-order valence-electron chi connectivity index (χ3n) is 5.37. The Morgan fingerprint density at radius 1 is 1.03 bits per heavy atom. The molecule has 4 nitrogen and oxygen atoms in total. The summed E-state index contributed by atoms with van der Waals surface area (Å²) in [6.45, 7) is 8.59. The number of hydrogen-bond donors (Lipinski definition) is 0. The van der Waals surface area contributed by atoms with Crippen LogP contribution >= 0.6 is 0 Å². The van der Waals surface area contributed by atoms with Crippen LogP contribution in [0.25, 0.3) is 0 Å². The van der Waals surface area contributed by atoms with Gasteiger partial charge >= 0.3 is 0 Å². The van der Waals surface area contributed by atoms with E-state index in [2.05, 4.69) is 49.2 Å². The van der Waals surface area contributed by atoms with Crippen molar-refractivity contribution in [3.63, 3.8) is 0 Å². The van der Waals surface area contributed by atoms with Crippen molar-refractivity contribution in [2.45, 2.75) is 58.1 Å². The van der Waals surface area contributed by atoms with Crippen LogP contribution in [0.4, 0.5) is 4.39 Å². The SMILES string of the molecule is CC(CC/C(F)=C\CCOS(C)(=O)=O)O[Si](c1ccccc1)(c1ccccc1)C(C)(C)C. The fraction of sp³-hybridized carbons (Fsp3) is 0.440. The summed E-state index contributed by atoms with van der Waals surface area (Å²) >= 11 is 0. The van der Waals surface area contributed by atoms with Gasteiger partial charge in [0, 0.05) is 12.5 Å². The number of allylic oxidation sites excluding steroid dienone is 1. The second-order valence-corrected chi connectivity index (χ2v) is 15.0. The van der Waals surface area contributed by atoms with Crippen molar-refractivity contribution in [2.75, 3.05) is 12.9 Å². The predicted octanol–water partition coefficient (Wildman–Crippen LogP) is 4.95. The molecule has 0 aromatic heterocycles. The molecule has 0 aliphatic heterocycles. The molecular weight excluding hydrogens is 443 g/mol. The van der Waals surface area contributed by atoms with Gasteiger partial charge in [-0.1, -0.05) is 87.5 Å². The van der Waals surface area contributed by atoms with E-state index in [0.717, 1.165) is 6.26 Å². The van der Waals surface area contributed by atoms with E-state index < -0.39 is 18.4 Å². The average Bonchev–Trinajstić information content (AvgIpc) is 2.73. The summed E-state index contributed by atoms with van der Waals surface area (Å²) in [6.07, 6.45) is 3.19. The van der Waals surface area contributed by atoms with Crippen molar-refractivity contribution in [1.82, 2.24) is 0 Å². The molecule has 0 heterocycles. The minimum atomic E-state index is -3.50. The van der Waals surface area contributed by atoms with Crippen LogP contribution < -0.4 is 10.4 Å². The van der Waals surface area contributed by atoms with Gasteiger partial charge in [-0.05, 0) is 35.2 Å². The van der Waals surface area contributed by atoms with Crippen molar-refractivity contribution >= 4 is 28.8 Å². The highest BCUT2D eigenvalue weighted by molar-refractivity contribution is 7.85. The van der Waals surface area contributed by atoms with Gasteiger partial charge in [0.15, 0.2) is 0 Å². The molecule has 0 aliphatic rings. The summed E-state index contributed by atoms with van der Waals surface area (Å²) in [7, 11) is -6.17. The van der Waals surface area contributed by atoms with E-state index in [0.29, 0.717) is 6.42 Å². The quantitative estimate of drug-likeness (QED) is 0.260. The molecule has 0 N–H and O–H groups in total. The van der Waals surface area contributed by atoms with Gasteiger partial charge in [-0.15, -0.1) is 0 Å². The van der Waals surface area contributed by atoms with Crippen molar-refractivity contribution in [2.24, 2.45) is 0 Å². The molecule has 1 unspecified atom stereocenters. The molecule has 0 saturated heterocycles. The van der Waals surface area contributed by atoms with E-state index in [4.69, 9.17) is 4.43 Å². The Labute approximate surface area is 193 Å². The van der Waals surface area contributed by atoms with Crippen molar-refractivity contribution in [1.29, 1.82) is 0 Å². The van der Waals surface area contributed by atoms with Crippen LogP contribution in [-0.2, 0) is 18.7 Å². The molecule has 2 rings (SSSR count). The average molecular weight is 479 g/mol. The zero-order valence-corrected chi connectivity index (χ0v) is 21.5. The maximum atomic E-state index is 14.3. The Balaban J connectivity index is 2.20. The second-order valence-electron chi connectivity index (χ2n) is 9.10. The first-order valence-electron chi connectivity index (χ1n) is 10.9. The third-order valence-corrected chi connectivity index (χ3v) is 11.1. The molecule has 1 atom stereocenters. The molecule has 0 amide bonds. The lowest BCUT2D eigenvalue weighted by Crippen LogP contribution is -2.67. The van der Waals surface area contributed by atoms with Gasteiger partial charge in [0.25, 0.3) is 18.4 Å². The standard InChI is InChI=1S/C25H35FO4SSi/c1-21(18-19-22(26)13-12-20-29-31(5,27)28)30-32(25(2,3)4,23-14-8-6-9-15-23)24-16-10-7-11-17-24/h6-11,13-17,21H,12,18-20H2,1-5H3/b22-13+. The van der Waals surface area contributed by atoms with Gasteiger partial charge in [0.05, 0.1) is 18.7 Å². The zero-order valence-electron chi connectivity index (χ0n) is 19.7. The summed E-state index contributed by atoms with van der Waals surface area (Å²) in [5.41, 5.74) is 0. The highest BCUT2D eigenvalue weighted by atomic mass is 32.2. The highest BCUT2D eigenvalue weighted by Gasteiger charge is 2.50. The highest BCUT2D eigenvalue weighted by Crippen LogP contribution is 2.38. The Hall–Kier alpha value is -1.80. The van der Waals surface area contributed by atoms with Gasteiger partial charge in [0.1, 0.15) is 0 Å². The molecule has 0 radical (unpaired) electrons. The molecule has 7 heteroatoms. The molecule has 0 spiro atoms. The van der Waals surface area contributed by atoms with Crippen molar-refractivity contribution in [3.05, 3.63) is 72.6 Å². The van der Waals surface area contributed by atoms with E-state index in [9.17, 15) is 12.8 Å². The predicted molar refractivity (Wildman–Crippen MR) is 132 cm³/mol. The molecular formula is C25H35FO4SSi. The van der Waals surface area contributed by atoms with E-state index in [-0.39, 0.29) is 36.4 Å². The van der Waals surface area contributed by atoms with Crippen LogP contribution in [0.5, 0.6) is 0 Å². The zero-order chi connectivity index (χ0) is 23.8. The molecule has 0 bridgehead atoms. The van der Waals surface area contributed by atoms with Gasteiger partial charge in [-0.2, -0.15) is 8.42 Å². The molecule has 0 aliphatic carbocycles. The largest absolute Gasteiger partial charge is 0.405 e. The lowest BCUT2D eigenvalue weighted by Gasteiger charge is -2.44. The van der Waals surface area contributed by atoms with Crippen molar-refractivity contribution < 1.29 is 21.4 Å². The molecule has 2 aromatic carbocycles. The van der Waals surface area contributed by atoms with Crippen molar-refractivity contribution in [3.8, 4) is 0 Å². The maximum absolute atomic E-state index is 14.3. The van der Waals surface area contributed by atoms with Crippen LogP contribution in [0.3, 0.4) is 0 Å². The first-order chi connectivity index (χ1) is 15.0. The molecule has 0 saturated carbocycles. The topological polar surface area (TPSA) is 52.6 Å². The summed E-state index contributed by atoms with van der Waals surface area (Å²) < 4.78 is 47.9. The van der Waals surface area contributed by atoms with Crippen LogP contribution in [0.15, 0.2) is 72.6 Å². The fourth-order valence-electron chi connectivity index (χ4n) is 3.91. The van der Waals surface area contributed by atoms with Crippen LogP contribution in [0.1, 0.15) is 47.0 Å². The van der Waals surface area contributed by atoms with Crippen LogP contribution in [0, 0.1) is 0 Å². The molecule has 176 valence electrons. The molecule has 2 aromatic rings. The maximum Gasteiger partial charge on any atom is 0.264 e. The second kappa shape index (κ2) is 11.4. The Morgan fingerprint density at radius 3 is 1.97 bits per heavy atom. The van der Waals surface area contributed by atoms with E-state index in [1.54, 1.807) is 0 Å². The first-order valence-corrected chi connectivity index (χ1v) is 14.7. The lowest BCUT2D eigenvalue weighted by molar-refractivity contribution is 0.194. The van der Waals surface area contributed by atoms with Gasteiger partial charge in [-0.25, -0.2) is 4.39 Å². The smallest absolute Gasteiger partial charge is 0.264 e. The minimum absolute atomic E-state index is 0.0552. The third kappa shape index (κ3) is 7.37. The lowest BCUT2D eigenvalue weighted by atomic mass is 10.2. The monoisotopic (exact) mass is 478 g/mol. The number of rotatable bonds is 11. The van der Waals surface area contributed by atoms with Crippen LogP contribution in [0.2, 0.25) is 5.04 Å². The van der Waals surface area contributed by atoms with Crippen LogP contribution in [-0.4, -0.2) is 35.7 Å². The van der Waals surface area contributed by atoms with Gasteiger partial charge in [-0.3, -0.25) is 4.18 Å². The fourth-order valence-corrected chi connectivity index (χ4v) is 9.05.